The van der Waals surface area contributed by atoms with E-state index in [0.717, 1.165) is 46.0 Å². The smallest absolute Gasteiger partial charge is 0.416 e. The minimum Gasteiger partial charge on any atom is -0.481 e. The molecule has 8 heteroatoms. The normalized spacial score (nSPS) is 12.7. The van der Waals surface area contributed by atoms with Gasteiger partial charge in [-0.1, -0.05) is 19.1 Å². The van der Waals surface area contributed by atoms with E-state index in [1.165, 1.54) is 12.1 Å². The summed E-state index contributed by atoms with van der Waals surface area (Å²) in [5, 5.41) is 13.5. The summed E-state index contributed by atoms with van der Waals surface area (Å²) in [6.07, 6.45) is -1.62. The number of carboxylic acids is 1. The SMILES string of the molecule is CCC(CSc1cccc(CC(=O)O)c1)c1cn(-c2ccc(C(F)(F)F)cc2)nc1C. The lowest BCUT2D eigenvalue weighted by atomic mass is 10.00. The van der Waals surface area contributed by atoms with Crippen molar-refractivity contribution in [3.8, 4) is 5.69 Å². The standard InChI is InChI=1S/C23H23F3N2O2S/c1-3-17(14-31-20-6-4-5-16(11-20)12-22(29)30)21-13-28(27-15(21)2)19-9-7-18(8-10-19)23(24,25)26/h4-11,13,17H,3,12,14H2,1-2H3,(H,29,30). The van der Waals surface area contributed by atoms with Crippen LogP contribution in [0, 0.1) is 6.92 Å². The highest BCUT2D eigenvalue weighted by Gasteiger charge is 2.30. The van der Waals surface area contributed by atoms with E-state index in [4.69, 9.17) is 5.11 Å². The number of aryl methyl sites for hydroxylation is 1. The highest BCUT2D eigenvalue weighted by atomic mass is 32.2. The molecule has 0 fully saturated rings. The van der Waals surface area contributed by atoms with E-state index in [1.54, 1.807) is 22.5 Å². The molecular weight excluding hydrogens is 425 g/mol. The van der Waals surface area contributed by atoms with Crippen molar-refractivity contribution in [2.45, 2.75) is 43.7 Å². The number of hydrogen-bond acceptors (Lipinski definition) is 3. The molecule has 1 N–H and O–H groups in total. The average molecular weight is 449 g/mol. The zero-order valence-corrected chi connectivity index (χ0v) is 18.0. The Kier molecular flexibility index (Phi) is 7.10. The molecule has 0 saturated carbocycles. The summed E-state index contributed by atoms with van der Waals surface area (Å²) in [7, 11) is 0. The van der Waals surface area contributed by atoms with E-state index < -0.39 is 17.7 Å². The zero-order valence-electron chi connectivity index (χ0n) is 17.2. The first-order chi connectivity index (χ1) is 14.7. The third-order valence-corrected chi connectivity index (χ3v) is 6.19. The number of aliphatic carboxylic acids is 1. The second-order valence-corrected chi connectivity index (χ2v) is 8.39. The number of carboxylic acid groups (broad SMARTS) is 1. The molecular formula is C23H23F3N2O2S. The largest absolute Gasteiger partial charge is 0.481 e. The fourth-order valence-electron chi connectivity index (χ4n) is 3.35. The number of aromatic nitrogens is 2. The van der Waals surface area contributed by atoms with Gasteiger partial charge in [0.05, 0.1) is 23.4 Å². The lowest BCUT2D eigenvalue weighted by molar-refractivity contribution is -0.138. The maximum Gasteiger partial charge on any atom is 0.416 e. The van der Waals surface area contributed by atoms with Gasteiger partial charge in [0, 0.05) is 16.8 Å². The van der Waals surface area contributed by atoms with Gasteiger partial charge in [0.15, 0.2) is 0 Å². The van der Waals surface area contributed by atoms with Crippen LogP contribution in [0.3, 0.4) is 0 Å². The summed E-state index contributed by atoms with van der Waals surface area (Å²) in [4.78, 5) is 11.9. The summed E-state index contributed by atoms with van der Waals surface area (Å²) >= 11 is 1.65. The van der Waals surface area contributed by atoms with Crippen LogP contribution in [0.25, 0.3) is 5.69 Å². The Morgan fingerprint density at radius 1 is 1.19 bits per heavy atom. The van der Waals surface area contributed by atoms with E-state index in [1.807, 2.05) is 31.3 Å². The number of alkyl halides is 3. The van der Waals surface area contributed by atoms with Crippen molar-refractivity contribution < 1.29 is 23.1 Å². The Balaban J connectivity index is 1.74. The Labute approximate surface area is 183 Å². The summed E-state index contributed by atoms with van der Waals surface area (Å²) < 4.78 is 40.0. The van der Waals surface area contributed by atoms with Crippen LogP contribution >= 0.6 is 11.8 Å². The van der Waals surface area contributed by atoms with Gasteiger partial charge in [-0.2, -0.15) is 18.3 Å². The van der Waals surface area contributed by atoms with Crippen molar-refractivity contribution >= 4 is 17.7 Å². The predicted octanol–water partition coefficient (Wildman–Crippen LogP) is 6.11. The van der Waals surface area contributed by atoms with Crippen molar-refractivity contribution in [1.29, 1.82) is 0 Å². The molecule has 0 radical (unpaired) electrons. The van der Waals surface area contributed by atoms with Gasteiger partial charge in [-0.05, 0) is 66.8 Å². The first-order valence-electron chi connectivity index (χ1n) is 9.84. The van der Waals surface area contributed by atoms with Gasteiger partial charge in [0.1, 0.15) is 0 Å². The Bertz CT molecular complexity index is 1050. The van der Waals surface area contributed by atoms with Crippen molar-refractivity contribution in [1.82, 2.24) is 9.78 Å². The molecule has 3 rings (SSSR count). The number of rotatable bonds is 8. The van der Waals surface area contributed by atoms with E-state index in [-0.39, 0.29) is 12.3 Å². The molecule has 0 aliphatic heterocycles. The van der Waals surface area contributed by atoms with Crippen LogP contribution in [-0.2, 0) is 17.4 Å². The Morgan fingerprint density at radius 3 is 2.52 bits per heavy atom. The summed E-state index contributed by atoms with van der Waals surface area (Å²) in [6.45, 7) is 3.98. The second-order valence-electron chi connectivity index (χ2n) is 7.29. The van der Waals surface area contributed by atoms with Gasteiger partial charge in [0.2, 0.25) is 0 Å². The Morgan fingerprint density at radius 2 is 1.90 bits per heavy atom. The molecule has 4 nitrogen and oxygen atoms in total. The highest BCUT2D eigenvalue weighted by molar-refractivity contribution is 7.99. The van der Waals surface area contributed by atoms with Crippen molar-refractivity contribution in [2.24, 2.45) is 0 Å². The number of carbonyl (C=O) groups is 1. The zero-order chi connectivity index (χ0) is 22.6. The minimum absolute atomic E-state index is 0.00931. The maximum absolute atomic E-state index is 12.8. The second kappa shape index (κ2) is 9.60. The third kappa shape index (κ3) is 5.91. The molecule has 3 aromatic rings. The number of halogens is 3. The van der Waals surface area contributed by atoms with Gasteiger partial charge in [-0.25, -0.2) is 4.68 Å². The predicted molar refractivity (Wildman–Crippen MR) is 115 cm³/mol. The number of benzene rings is 2. The van der Waals surface area contributed by atoms with E-state index in [0.29, 0.717) is 5.69 Å². The molecule has 0 saturated heterocycles. The molecule has 164 valence electrons. The lowest BCUT2D eigenvalue weighted by Crippen LogP contribution is -2.05. The highest BCUT2D eigenvalue weighted by Crippen LogP contribution is 2.32. The molecule has 2 aromatic carbocycles. The van der Waals surface area contributed by atoms with E-state index >= 15 is 0 Å². The lowest BCUT2D eigenvalue weighted by Gasteiger charge is -2.14. The van der Waals surface area contributed by atoms with Crippen LogP contribution in [0.5, 0.6) is 0 Å². The fourth-order valence-corrected chi connectivity index (χ4v) is 4.57. The molecule has 0 spiro atoms. The average Bonchev–Trinajstić information content (AvgIpc) is 3.09. The van der Waals surface area contributed by atoms with Gasteiger partial charge in [-0.15, -0.1) is 11.8 Å². The van der Waals surface area contributed by atoms with Crippen molar-refractivity contribution in [3.63, 3.8) is 0 Å². The van der Waals surface area contributed by atoms with Crippen LogP contribution in [0.15, 0.2) is 59.6 Å². The Hall–Kier alpha value is -2.74. The minimum atomic E-state index is -4.37. The molecule has 1 unspecified atom stereocenters. The van der Waals surface area contributed by atoms with Crippen LogP contribution in [0.4, 0.5) is 13.2 Å². The van der Waals surface area contributed by atoms with E-state index in [9.17, 15) is 18.0 Å². The van der Waals surface area contributed by atoms with Gasteiger partial charge in [-0.3, -0.25) is 4.79 Å². The summed E-state index contributed by atoms with van der Waals surface area (Å²) in [6, 6.07) is 12.5. The monoisotopic (exact) mass is 448 g/mol. The molecule has 0 aliphatic carbocycles. The number of hydrogen-bond donors (Lipinski definition) is 1. The molecule has 0 bridgehead atoms. The van der Waals surface area contributed by atoms with Crippen molar-refractivity contribution in [2.75, 3.05) is 5.75 Å². The van der Waals surface area contributed by atoms with Crippen molar-refractivity contribution in [3.05, 3.63) is 77.1 Å². The molecule has 31 heavy (non-hydrogen) atoms. The molecule has 0 aliphatic rings. The quantitative estimate of drug-likeness (QED) is 0.422. The van der Waals surface area contributed by atoms with Crippen LogP contribution in [0.1, 0.15) is 41.6 Å². The van der Waals surface area contributed by atoms with Gasteiger partial charge >= 0.3 is 12.1 Å². The van der Waals surface area contributed by atoms with Crippen LogP contribution < -0.4 is 0 Å². The topological polar surface area (TPSA) is 55.1 Å². The molecule has 1 atom stereocenters. The molecule has 1 heterocycles. The first-order valence-corrected chi connectivity index (χ1v) is 10.8. The van der Waals surface area contributed by atoms with Gasteiger partial charge in [0.25, 0.3) is 0 Å². The van der Waals surface area contributed by atoms with Crippen LogP contribution in [-0.4, -0.2) is 26.6 Å². The summed E-state index contributed by atoms with van der Waals surface area (Å²) in [5.74, 6) is 0.128. The third-order valence-electron chi connectivity index (χ3n) is 5.03. The molecule has 0 amide bonds. The first kappa shape index (κ1) is 22.9. The van der Waals surface area contributed by atoms with Gasteiger partial charge < -0.3 is 5.11 Å². The molecule has 1 aromatic heterocycles. The van der Waals surface area contributed by atoms with E-state index in [2.05, 4.69) is 12.0 Å². The maximum atomic E-state index is 12.8. The van der Waals surface area contributed by atoms with Crippen LogP contribution in [0.2, 0.25) is 0 Å². The fraction of sp³-hybridized carbons (Fsp3) is 0.304. The summed E-state index contributed by atoms with van der Waals surface area (Å²) in [5.41, 5.74) is 2.54. The number of thioether (sulfide) groups is 1. The number of nitrogens with zero attached hydrogens (tertiary/aromatic N) is 2.